The van der Waals surface area contributed by atoms with Crippen LogP contribution in [0.3, 0.4) is 0 Å². The SMILES string of the molecule is CC[C@H](C(=O)Nc1ccc(C)c(C)c1)n1c(N)nnc1SC. The summed E-state index contributed by atoms with van der Waals surface area (Å²) in [4.78, 5) is 12.6. The van der Waals surface area contributed by atoms with Gasteiger partial charge in [0.2, 0.25) is 11.9 Å². The Kier molecular flexibility index (Phi) is 5.07. The third-order valence-corrected chi connectivity index (χ3v) is 4.29. The number of aromatic nitrogens is 3. The van der Waals surface area contributed by atoms with Crippen LogP contribution in [-0.2, 0) is 4.79 Å². The van der Waals surface area contributed by atoms with Gasteiger partial charge in [-0.25, -0.2) is 0 Å². The summed E-state index contributed by atoms with van der Waals surface area (Å²) < 4.78 is 1.68. The summed E-state index contributed by atoms with van der Waals surface area (Å²) in [6.07, 6.45) is 2.49. The first-order valence-corrected chi connectivity index (χ1v) is 8.32. The zero-order valence-electron chi connectivity index (χ0n) is 13.3. The minimum Gasteiger partial charge on any atom is -0.368 e. The van der Waals surface area contributed by atoms with E-state index in [-0.39, 0.29) is 11.9 Å². The molecule has 1 aromatic carbocycles. The van der Waals surface area contributed by atoms with Crippen molar-refractivity contribution < 1.29 is 4.79 Å². The number of nitrogens with one attached hydrogen (secondary N) is 1. The molecule has 1 atom stereocenters. The highest BCUT2D eigenvalue weighted by Crippen LogP contribution is 2.25. The fourth-order valence-corrected chi connectivity index (χ4v) is 2.79. The van der Waals surface area contributed by atoms with Gasteiger partial charge in [-0.3, -0.25) is 9.36 Å². The molecular weight excluding hydrogens is 298 g/mol. The van der Waals surface area contributed by atoms with Crippen molar-refractivity contribution in [2.45, 2.75) is 38.4 Å². The standard InChI is InChI=1S/C15H21N5OS/c1-5-12(20-14(16)18-19-15(20)22-4)13(21)17-11-7-6-9(2)10(3)8-11/h6-8,12H,5H2,1-4H3,(H2,16,18)(H,17,21)/t12-/m1/s1. The van der Waals surface area contributed by atoms with E-state index in [1.165, 1.54) is 17.3 Å². The molecule has 0 unspecified atom stereocenters. The topological polar surface area (TPSA) is 85.8 Å². The molecule has 0 radical (unpaired) electrons. The number of carbonyl (C=O) groups excluding carboxylic acids is 1. The van der Waals surface area contributed by atoms with Crippen molar-refractivity contribution >= 4 is 29.3 Å². The Labute approximate surface area is 134 Å². The Morgan fingerprint density at radius 3 is 2.68 bits per heavy atom. The number of nitrogen functional groups attached to an aromatic ring is 1. The summed E-state index contributed by atoms with van der Waals surface area (Å²) >= 11 is 1.42. The van der Waals surface area contributed by atoms with E-state index in [0.717, 1.165) is 11.3 Å². The van der Waals surface area contributed by atoms with E-state index in [9.17, 15) is 4.79 Å². The van der Waals surface area contributed by atoms with Crippen LogP contribution in [0.5, 0.6) is 0 Å². The lowest BCUT2D eigenvalue weighted by atomic mass is 10.1. The molecule has 0 bridgehead atoms. The van der Waals surface area contributed by atoms with E-state index in [2.05, 4.69) is 15.5 Å². The largest absolute Gasteiger partial charge is 0.368 e. The number of amides is 1. The van der Waals surface area contributed by atoms with Gasteiger partial charge in [-0.2, -0.15) is 0 Å². The highest BCUT2D eigenvalue weighted by atomic mass is 32.2. The summed E-state index contributed by atoms with van der Waals surface area (Å²) in [6.45, 7) is 6.00. The van der Waals surface area contributed by atoms with Crippen LogP contribution in [0.15, 0.2) is 23.4 Å². The predicted molar refractivity (Wildman–Crippen MR) is 90.1 cm³/mol. The number of thioether (sulfide) groups is 1. The fourth-order valence-electron chi connectivity index (χ4n) is 2.25. The zero-order chi connectivity index (χ0) is 16.3. The molecule has 22 heavy (non-hydrogen) atoms. The minimum atomic E-state index is -0.431. The lowest BCUT2D eigenvalue weighted by molar-refractivity contribution is -0.119. The monoisotopic (exact) mass is 319 g/mol. The lowest BCUT2D eigenvalue weighted by Crippen LogP contribution is -2.27. The zero-order valence-corrected chi connectivity index (χ0v) is 14.1. The minimum absolute atomic E-state index is 0.118. The first-order valence-electron chi connectivity index (χ1n) is 7.10. The number of carbonyl (C=O) groups is 1. The number of nitrogens with two attached hydrogens (primary N) is 1. The van der Waals surface area contributed by atoms with Gasteiger partial charge in [0.15, 0.2) is 5.16 Å². The Hall–Kier alpha value is -2.02. The highest BCUT2D eigenvalue weighted by Gasteiger charge is 2.24. The van der Waals surface area contributed by atoms with Gasteiger partial charge in [-0.1, -0.05) is 24.8 Å². The Bertz CT molecular complexity index is 683. The molecule has 0 aliphatic carbocycles. The van der Waals surface area contributed by atoms with Crippen LogP contribution < -0.4 is 11.1 Å². The molecule has 2 rings (SSSR count). The number of benzene rings is 1. The number of anilines is 2. The van der Waals surface area contributed by atoms with Gasteiger partial charge < -0.3 is 11.1 Å². The maximum Gasteiger partial charge on any atom is 0.247 e. The van der Waals surface area contributed by atoms with Crippen molar-refractivity contribution in [1.82, 2.24) is 14.8 Å². The van der Waals surface area contributed by atoms with Crippen molar-refractivity contribution in [3.8, 4) is 0 Å². The third kappa shape index (κ3) is 3.24. The van der Waals surface area contributed by atoms with E-state index in [1.54, 1.807) is 4.57 Å². The molecule has 0 fully saturated rings. The van der Waals surface area contributed by atoms with Gasteiger partial charge >= 0.3 is 0 Å². The van der Waals surface area contributed by atoms with Gasteiger partial charge in [-0.15, -0.1) is 10.2 Å². The van der Waals surface area contributed by atoms with Crippen LogP contribution in [0.4, 0.5) is 11.6 Å². The number of hydrogen-bond acceptors (Lipinski definition) is 5. The van der Waals surface area contributed by atoms with E-state index < -0.39 is 6.04 Å². The van der Waals surface area contributed by atoms with Crippen molar-refractivity contribution in [2.75, 3.05) is 17.3 Å². The van der Waals surface area contributed by atoms with Gasteiger partial charge in [0, 0.05) is 5.69 Å². The molecule has 7 heteroatoms. The van der Waals surface area contributed by atoms with Crippen molar-refractivity contribution in [1.29, 1.82) is 0 Å². The second-order valence-electron chi connectivity index (χ2n) is 5.13. The Morgan fingerprint density at radius 1 is 1.36 bits per heavy atom. The van der Waals surface area contributed by atoms with E-state index in [1.807, 2.05) is 45.2 Å². The van der Waals surface area contributed by atoms with Crippen LogP contribution in [0, 0.1) is 13.8 Å². The van der Waals surface area contributed by atoms with Crippen LogP contribution in [0.1, 0.15) is 30.5 Å². The molecule has 118 valence electrons. The summed E-state index contributed by atoms with van der Waals surface area (Å²) in [6, 6.07) is 5.42. The smallest absolute Gasteiger partial charge is 0.247 e. The summed E-state index contributed by atoms with van der Waals surface area (Å²) in [5, 5.41) is 11.4. The Balaban J connectivity index is 2.25. The number of nitrogens with zero attached hydrogens (tertiary/aromatic N) is 3. The second-order valence-corrected chi connectivity index (χ2v) is 5.90. The molecule has 0 aliphatic heterocycles. The van der Waals surface area contributed by atoms with Gasteiger partial charge in [0.05, 0.1) is 0 Å². The van der Waals surface area contributed by atoms with Crippen LogP contribution in [-0.4, -0.2) is 26.9 Å². The average Bonchev–Trinajstić information content (AvgIpc) is 2.85. The predicted octanol–water partition coefficient (Wildman–Crippen LogP) is 2.79. The first-order chi connectivity index (χ1) is 10.5. The lowest BCUT2D eigenvalue weighted by Gasteiger charge is -2.19. The molecule has 0 aliphatic rings. The molecule has 0 saturated heterocycles. The normalized spacial score (nSPS) is 12.2. The average molecular weight is 319 g/mol. The van der Waals surface area contributed by atoms with Crippen molar-refractivity contribution in [3.63, 3.8) is 0 Å². The summed E-state index contributed by atoms with van der Waals surface area (Å²) in [7, 11) is 0. The Morgan fingerprint density at radius 2 is 2.09 bits per heavy atom. The second kappa shape index (κ2) is 6.83. The summed E-state index contributed by atoms with van der Waals surface area (Å²) in [5.74, 6) is 0.138. The van der Waals surface area contributed by atoms with Gasteiger partial charge in [0.1, 0.15) is 6.04 Å². The third-order valence-electron chi connectivity index (χ3n) is 3.65. The fraction of sp³-hybridized carbons (Fsp3) is 0.400. The molecule has 1 aromatic heterocycles. The summed E-state index contributed by atoms with van der Waals surface area (Å²) in [5.41, 5.74) is 8.98. The van der Waals surface area contributed by atoms with E-state index >= 15 is 0 Å². The highest BCUT2D eigenvalue weighted by molar-refractivity contribution is 7.98. The van der Waals surface area contributed by atoms with E-state index in [0.29, 0.717) is 11.6 Å². The molecular formula is C15H21N5OS. The molecule has 0 spiro atoms. The molecule has 6 nitrogen and oxygen atoms in total. The number of aryl methyl sites for hydroxylation is 2. The number of hydrogen-bond donors (Lipinski definition) is 2. The first kappa shape index (κ1) is 16.4. The van der Waals surface area contributed by atoms with Crippen molar-refractivity contribution in [3.05, 3.63) is 29.3 Å². The van der Waals surface area contributed by atoms with E-state index in [4.69, 9.17) is 5.73 Å². The van der Waals surface area contributed by atoms with Crippen molar-refractivity contribution in [2.24, 2.45) is 0 Å². The van der Waals surface area contributed by atoms with Crippen LogP contribution >= 0.6 is 11.8 Å². The van der Waals surface area contributed by atoms with Crippen LogP contribution in [0.2, 0.25) is 0 Å². The number of rotatable bonds is 5. The quantitative estimate of drug-likeness (QED) is 0.828. The van der Waals surface area contributed by atoms with Crippen LogP contribution in [0.25, 0.3) is 0 Å². The van der Waals surface area contributed by atoms with Gasteiger partial charge in [0.25, 0.3) is 0 Å². The maximum atomic E-state index is 12.6. The molecule has 2 aromatic rings. The molecule has 0 saturated carbocycles. The molecule has 1 amide bonds. The maximum absolute atomic E-state index is 12.6. The molecule has 1 heterocycles. The van der Waals surface area contributed by atoms with Gasteiger partial charge in [-0.05, 0) is 49.8 Å². The molecule has 3 N–H and O–H groups in total.